The fraction of sp³-hybridized carbons (Fsp3) is 0.350. The van der Waals surface area contributed by atoms with E-state index in [-0.39, 0.29) is 12.1 Å². The number of rotatable bonds is 8. The van der Waals surface area contributed by atoms with Gasteiger partial charge in [0.2, 0.25) is 0 Å². The summed E-state index contributed by atoms with van der Waals surface area (Å²) in [5, 5.41) is 5.81. The monoisotopic (exact) mass is 358 g/mol. The molecule has 0 spiro atoms. The molecule has 0 aliphatic carbocycles. The lowest BCUT2D eigenvalue weighted by atomic mass is 10.1. The Kier molecular flexibility index (Phi) is 7.29. The number of benzene rings is 2. The maximum absolute atomic E-state index is 12.3. The Morgan fingerprint density at radius 2 is 1.77 bits per heavy atom. The molecule has 2 rings (SSSR count). The van der Waals surface area contributed by atoms with E-state index in [9.17, 15) is 4.79 Å². The first-order chi connectivity index (χ1) is 12.6. The lowest BCUT2D eigenvalue weighted by Gasteiger charge is -2.19. The van der Waals surface area contributed by atoms with Gasteiger partial charge < -0.3 is 24.8 Å². The van der Waals surface area contributed by atoms with Gasteiger partial charge in [-0.15, -0.1) is 0 Å². The van der Waals surface area contributed by atoms with Gasteiger partial charge in [-0.25, -0.2) is 4.79 Å². The molecule has 0 aromatic heterocycles. The first kappa shape index (κ1) is 19.6. The number of carbonyl (C=O) groups excluding carboxylic acids is 1. The van der Waals surface area contributed by atoms with Crippen molar-refractivity contribution in [2.75, 3.05) is 21.3 Å². The lowest BCUT2D eigenvalue weighted by molar-refractivity contribution is 0.184. The van der Waals surface area contributed by atoms with E-state index < -0.39 is 0 Å². The average Bonchev–Trinajstić information content (AvgIpc) is 2.67. The van der Waals surface area contributed by atoms with Gasteiger partial charge in [-0.1, -0.05) is 24.3 Å². The van der Waals surface area contributed by atoms with Crippen LogP contribution in [0.25, 0.3) is 0 Å². The van der Waals surface area contributed by atoms with E-state index in [1.54, 1.807) is 21.3 Å². The molecule has 6 nitrogen and oxygen atoms in total. The van der Waals surface area contributed by atoms with E-state index in [1.807, 2.05) is 49.4 Å². The summed E-state index contributed by atoms with van der Waals surface area (Å²) in [6, 6.07) is 12.9. The van der Waals surface area contributed by atoms with Gasteiger partial charge in [-0.3, -0.25) is 0 Å². The molecule has 0 saturated heterocycles. The van der Waals surface area contributed by atoms with Gasteiger partial charge in [0.05, 0.1) is 26.9 Å². The van der Waals surface area contributed by atoms with Crippen LogP contribution in [0.5, 0.6) is 11.5 Å². The fourth-order valence-electron chi connectivity index (χ4n) is 2.70. The molecule has 0 bridgehead atoms. The van der Waals surface area contributed by atoms with Gasteiger partial charge in [0, 0.05) is 19.2 Å². The highest BCUT2D eigenvalue weighted by Crippen LogP contribution is 2.29. The number of methoxy groups -OCH3 is 3. The van der Waals surface area contributed by atoms with Crippen molar-refractivity contribution in [3.05, 3.63) is 59.2 Å². The molecule has 26 heavy (non-hydrogen) atoms. The molecule has 2 amide bonds. The third-order valence-corrected chi connectivity index (χ3v) is 4.11. The summed E-state index contributed by atoms with van der Waals surface area (Å²) < 4.78 is 15.8. The highest BCUT2D eigenvalue weighted by Gasteiger charge is 2.15. The molecule has 0 saturated carbocycles. The third kappa shape index (κ3) is 5.13. The van der Waals surface area contributed by atoms with Crippen LogP contribution in [0.1, 0.15) is 29.7 Å². The van der Waals surface area contributed by atoms with Crippen molar-refractivity contribution in [2.45, 2.75) is 26.1 Å². The van der Waals surface area contributed by atoms with Crippen LogP contribution >= 0.6 is 0 Å². The van der Waals surface area contributed by atoms with E-state index in [2.05, 4.69) is 10.6 Å². The molecule has 1 unspecified atom stereocenters. The maximum Gasteiger partial charge on any atom is 0.315 e. The molecule has 6 heteroatoms. The number of ether oxygens (including phenoxy) is 3. The molecule has 2 N–H and O–H groups in total. The molecule has 0 heterocycles. The Bertz CT molecular complexity index is 734. The Balaban J connectivity index is 2.00. The summed E-state index contributed by atoms with van der Waals surface area (Å²) in [4.78, 5) is 12.3. The first-order valence-corrected chi connectivity index (χ1v) is 8.41. The molecule has 0 aliphatic rings. The first-order valence-electron chi connectivity index (χ1n) is 8.41. The van der Waals surface area contributed by atoms with Crippen LogP contribution in [0.3, 0.4) is 0 Å². The Morgan fingerprint density at radius 3 is 2.42 bits per heavy atom. The van der Waals surface area contributed by atoms with Crippen LogP contribution in [0.15, 0.2) is 42.5 Å². The van der Waals surface area contributed by atoms with Gasteiger partial charge in [0.1, 0.15) is 11.5 Å². The smallest absolute Gasteiger partial charge is 0.315 e. The van der Waals surface area contributed by atoms with Crippen molar-refractivity contribution >= 4 is 6.03 Å². The minimum atomic E-state index is -0.255. The van der Waals surface area contributed by atoms with Crippen molar-refractivity contribution < 1.29 is 19.0 Å². The summed E-state index contributed by atoms with van der Waals surface area (Å²) in [7, 11) is 4.86. The normalized spacial score (nSPS) is 11.5. The summed E-state index contributed by atoms with van der Waals surface area (Å²) in [5.74, 6) is 1.41. The summed E-state index contributed by atoms with van der Waals surface area (Å²) in [6.07, 6.45) is 0. The van der Waals surface area contributed by atoms with Gasteiger partial charge in [0.15, 0.2) is 0 Å². The van der Waals surface area contributed by atoms with E-state index in [0.29, 0.717) is 24.7 Å². The Hall–Kier alpha value is -2.73. The van der Waals surface area contributed by atoms with Crippen molar-refractivity contribution in [1.29, 1.82) is 0 Å². The largest absolute Gasteiger partial charge is 0.497 e. The highest BCUT2D eigenvalue weighted by molar-refractivity contribution is 5.74. The zero-order valence-corrected chi connectivity index (χ0v) is 15.7. The third-order valence-electron chi connectivity index (χ3n) is 4.11. The molecule has 2 aromatic carbocycles. The predicted molar refractivity (Wildman–Crippen MR) is 100 cm³/mol. The second kappa shape index (κ2) is 9.68. The fourth-order valence-corrected chi connectivity index (χ4v) is 2.70. The molecule has 140 valence electrons. The number of hydrogen-bond donors (Lipinski definition) is 2. The molecular weight excluding hydrogens is 332 g/mol. The Morgan fingerprint density at radius 1 is 1.04 bits per heavy atom. The topological polar surface area (TPSA) is 68.8 Å². The summed E-state index contributed by atoms with van der Waals surface area (Å²) >= 11 is 0. The zero-order valence-electron chi connectivity index (χ0n) is 15.7. The molecule has 0 fully saturated rings. The van der Waals surface area contributed by atoms with Crippen LogP contribution < -0.4 is 20.1 Å². The molecular formula is C20H26N2O4. The van der Waals surface area contributed by atoms with Crippen LogP contribution in [0, 0.1) is 0 Å². The zero-order chi connectivity index (χ0) is 18.9. The molecule has 1 atom stereocenters. The lowest BCUT2D eigenvalue weighted by Crippen LogP contribution is -2.36. The minimum absolute atomic E-state index is 0.241. The van der Waals surface area contributed by atoms with Crippen LogP contribution in [-0.4, -0.2) is 27.4 Å². The quantitative estimate of drug-likeness (QED) is 0.759. The van der Waals surface area contributed by atoms with Crippen molar-refractivity contribution in [3.8, 4) is 11.5 Å². The van der Waals surface area contributed by atoms with Gasteiger partial charge in [-0.05, 0) is 36.2 Å². The van der Waals surface area contributed by atoms with E-state index in [1.165, 1.54) is 0 Å². The van der Waals surface area contributed by atoms with Crippen LogP contribution in [0.2, 0.25) is 0 Å². The second-order valence-corrected chi connectivity index (χ2v) is 5.86. The SMILES string of the molecule is COCc1ccccc1CNC(=O)NC(C)c1cc(OC)ccc1OC. The molecule has 0 aliphatic heterocycles. The van der Waals surface area contributed by atoms with Crippen molar-refractivity contribution in [1.82, 2.24) is 10.6 Å². The minimum Gasteiger partial charge on any atom is -0.497 e. The molecule has 0 radical (unpaired) electrons. The molecule has 2 aromatic rings. The standard InChI is InChI=1S/C20H26N2O4/c1-14(18-11-17(25-3)9-10-19(18)26-4)22-20(23)21-12-15-7-5-6-8-16(15)13-24-2/h5-11,14H,12-13H2,1-4H3,(H2,21,22,23). The average molecular weight is 358 g/mol. The second-order valence-electron chi connectivity index (χ2n) is 5.86. The van der Waals surface area contributed by atoms with Gasteiger partial charge in [-0.2, -0.15) is 0 Å². The summed E-state index contributed by atoms with van der Waals surface area (Å²) in [5.41, 5.74) is 2.93. The number of hydrogen-bond acceptors (Lipinski definition) is 4. The number of nitrogens with one attached hydrogen (secondary N) is 2. The number of urea groups is 1. The van der Waals surface area contributed by atoms with Gasteiger partial charge in [0.25, 0.3) is 0 Å². The van der Waals surface area contributed by atoms with Crippen molar-refractivity contribution in [3.63, 3.8) is 0 Å². The van der Waals surface area contributed by atoms with E-state index in [4.69, 9.17) is 14.2 Å². The van der Waals surface area contributed by atoms with Crippen LogP contribution in [0.4, 0.5) is 4.79 Å². The maximum atomic E-state index is 12.3. The van der Waals surface area contributed by atoms with Crippen molar-refractivity contribution in [2.24, 2.45) is 0 Å². The predicted octanol–water partition coefficient (Wildman–Crippen LogP) is 3.41. The number of carbonyl (C=O) groups is 1. The van der Waals surface area contributed by atoms with Gasteiger partial charge >= 0.3 is 6.03 Å². The highest BCUT2D eigenvalue weighted by atomic mass is 16.5. The Labute approximate surface area is 154 Å². The number of amides is 2. The van der Waals surface area contributed by atoms with E-state index in [0.717, 1.165) is 16.7 Å². The summed E-state index contributed by atoms with van der Waals surface area (Å²) in [6.45, 7) is 2.83. The van der Waals surface area contributed by atoms with Crippen LogP contribution in [-0.2, 0) is 17.9 Å². The van der Waals surface area contributed by atoms with E-state index >= 15 is 0 Å².